The van der Waals surface area contributed by atoms with E-state index < -0.39 is 30.3 Å². The van der Waals surface area contributed by atoms with E-state index in [4.69, 9.17) is 0 Å². The summed E-state index contributed by atoms with van der Waals surface area (Å²) in [6.45, 7) is 0. The molecule has 0 aliphatic rings. The first-order valence-corrected chi connectivity index (χ1v) is 5.44. The summed E-state index contributed by atoms with van der Waals surface area (Å²) in [5.41, 5.74) is 0.0723. The lowest BCUT2D eigenvalue weighted by Gasteiger charge is -2.10. The van der Waals surface area contributed by atoms with Crippen molar-refractivity contribution in [3.8, 4) is 5.75 Å². The van der Waals surface area contributed by atoms with E-state index in [0.717, 1.165) is 25.3 Å². The average molecular weight is 288 g/mol. The van der Waals surface area contributed by atoms with Crippen LogP contribution in [0.5, 0.6) is 5.75 Å². The molecule has 0 radical (unpaired) electrons. The third-order valence-electron chi connectivity index (χ3n) is 2.14. The topological polar surface area (TPSA) is 52.6 Å². The zero-order chi connectivity index (χ0) is 15.2. The molecule has 0 atom stereocenters. The van der Waals surface area contributed by atoms with E-state index in [1.54, 1.807) is 0 Å². The SMILES string of the molecule is COC(=O)CC(=O)C=Cc1ccccc1OC(F)(F)F. The predicted molar refractivity (Wildman–Crippen MR) is 63.8 cm³/mol. The minimum atomic E-state index is -4.82. The Hall–Kier alpha value is -2.31. The third-order valence-corrected chi connectivity index (χ3v) is 2.14. The molecule has 0 spiro atoms. The minimum absolute atomic E-state index is 0.0723. The molecule has 0 unspecified atom stereocenters. The van der Waals surface area contributed by atoms with E-state index >= 15 is 0 Å². The van der Waals surface area contributed by atoms with Gasteiger partial charge in [-0.15, -0.1) is 13.2 Å². The van der Waals surface area contributed by atoms with Gasteiger partial charge in [-0.05, 0) is 18.2 Å². The van der Waals surface area contributed by atoms with Crippen LogP contribution in [0.4, 0.5) is 13.2 Å². The van der Waals surface area contributed by atoms with Crippen molar-refractivity contribution in [2.75, 3.05) is 7.11 Å². The molecule has 0 N–H and O–H groups in total. The number of rotatable bonds is 5. The van der Waals surface area contributed by atoms with Gasteiger partial charge in [-0.3, -0.25) is 9.59 Å². The fraction of sp³-hybridized carbons (Fsp3) is 0.231. The van der Waals surface area contributed by atoms with Gasteiger partial charge in [-0.2, -0.15) is 0 Å². The number of methoxy groups -OCH3 is 1. The summed E-state index contributed by atoms with van der Waals surface area (Å²) in [7, 11) is 1.13. The summed E-state index contributed by atoms with van der Waals surface area (Å²) >= 11 is 0. The summed E-state index contributed by atoms with van der Waals surface area (Å²) in [4.78, 5) is 22.2. The Kier molecular flexibility index (Phi) is 5.31. The number of hydrogen-bond donors (Lipinski definition) is 0. The van der Waals surface area contributed by atoms with Crippen LogP contribution >= 0.6 is 0 Å². The van der Waals surface area contributed by atoms with Gasteiger partial charge < -0.3 is 9.47 Å². The van der Waals surface area contributed by atoms with E-state index in [1.807, 2.05) is 0 Å². The van der Waals surface area contributed by atoms with Crippen LogP contribution in [0.15, 0.2) is 30.3 Å². The standard InChI is InChI=1S/C13H11F3O4/c1-19-12(18)8-10(17)7-6-9-4-2-3-5-11(9)20-13(14,15)16/h2-7H,8H2,1H3. The molecule has 0 aliphatic carbocycles. The van der Waals surface area contributed by atoms with Crippen LogP contribution in [0, 0.1) is 0 Å². The highest BCUT2D eigenvalue weighted by Crippen LogP contribution is 2.26. The molecule has 1 aromatic carbocycles. The van der Waals surface area contributed by atoms with Gasteiger partial charge in [0.05, 0.1) is 7.11 Å². The van der Waals surface area contributed by atoms with Crippen molar-refractivity contribution < 1.29 is 32.2 Å². The lowest BCUT2D eigenvalue weighted by Crippen LogP contribution is -2.17. The predicted octanol–water partition coefficient (Wildman–Crippen LogP) is 2.73. The van der Waals surface area contributed by atoms with Crippen molar-refractivity contribution in [1.29, 1.82) is 0 Å². The number of ketones is 1. The number of para-hydroxylation sites is 1. The molecule has 4 nitrogen and oxygen atoms in total. The van der Waals surface area contributed by atoms with Gasteiger partial charge in [-0.25, -0.2) is 0 Å². The van der Waals surface area contributed by atoms with Crippen LogP contribution in [-0.2, 0) is 14.3 Å². The lowest BCUT2D eigenvalue weighted by molar-refractivity contribution is -0.274. The van der Waals surface area contributed by atoms with E-state index in [-0.39, 0.29) is 5.56 Å². The van der Waals surface area contributed by atoms with E-state index in [9.17, 15) is 22.8 Å². The van der Waals surface area contributed by atoms with Crippen molar-refractivity contribution in [3.05, 3.63) is 35.9 Å². The Morgan fingerprint density at radius 1 is 1.25 bits per heavy atom. The number of halogens is 3. The molecular formula is C13H11F3O4. The fourth-order valence-corrected chi connectivity index (χ4v) is 1.29. The van der Waals surface area contributed by atoms with Crippen LogP contribution in [0.3, 0.4) is 0 Å². The maximum Gasteiger partial charge on any atom is 0.573 e. The number of ether oxygens (including phenoxy) is 2. The van der Waals surface area contributed by atoms with E-state index in [1.165, 1.54) is 18.2 Å². The Morgan fingerprint density at radius 2 is 1.90 bits per heavy atom. The monoisotopic (exact) mass is 288 g/mol. The lowest BCUT2D eigenvalue weighted by atomic mass is 10.1. The second-order valence-electron chi connectivity index (χ2n) is 3.64. The quantitative estimate of drug-likeness (QED) is 0.475. The normalized spacial score (nSPS) is 11.4. The molecule has 0 aromatic heterocycles. The molecule has 20 heavy (non-hydrogen) atoms. The number of carbonyl (C=O) groups excluding carboxylic acids is 2. The molecule has 7 heteroatoms. The van der Waals surface area contributed by atoms with Crippen LogP contribution in [0.1, 0.15) is 12.0 Å². The fourth-order valence-electron chi connectivity index (χ4n) is 1.29. The van der Waals surface area contributed by atoms with Gasteiger partial charge in [0.25, 0.3) is 0 Å². The molecule has 0 bridgehead atoms. The molecule has 0 aliphatic heterocycles. The van der Waals surface area contributed by atoms with Crippen LogP contribution in [0.25, 0.3) is 6.08 Å². The number of alkyl halides is 3. The summed E-state index contributed by atoms with van der Waals surface area (Å²) < 4.78 is 44.6. The molecule has 0 saturated carbocycles. The first kappa shape index (κ1) is 15.7. The molecule has 1 aromatic rings. The zero-order valence-electron chi connectivity index (χ0n) is 10.4. The first-order valence-electron chi connectivity index (χ1n) is 5.44. The summed E-state index contributed by atoms with van der Waals surface area (Å²) in [5.74, 6) is -1.74. The summed E-state index contributed by atoms with van der Waals surface area (Å²) in [6, 6.07) is 5.34. The van der Waals surface area contributed by atoms with Crippen molar-refractivity contribution in [2.45, 2.75) is 12.8 Å². The van der Waals surface area contributed by atoms with Crippen molar-refractivity contribution >= 4 is 17.8 Å². The van der Waals surface area contributed by atoms with Crippen molar-refractivity contribution in [2.24, 2.45) is 0 Å². The van der Waals surface area contributed by atoms with Crippen molar-refractivity contribution in [1.82, 2.24) is 0 Å². The average Bonchev–Trinajstić information content (AvgIpc) is 2.35. The highest BCUT2D eigenvalue weighted by Gasteiger charge is 2.31. The van der Waals surface area contributed by atoms with Crippen LogP contribution in [-0.4, -0.2) is 25.2 Å². The zero-order valence-corrected chi connectivity index (χ0v) is 10.4. The number of allylic oxidation sites excluding steroid dienone is 1. The van der Waals surface area contributed by atoms with Gasteiger partial charge in [0, 0.05) is 5.56 Å². The van der Waals surface area contributed by atoms with Crippen LogP contribution < -0.4 is 4.74 Å². The smallest absolute Gasteiger partial charge is 0.469 e. The second-order valence-corrected chi connectivity index (χ2v) is 3.64. The van der Waals surface area contributed by atoms with Gasteiger partial charge >= 0.3 is 12.3 Å². The summed E-state index contributed by atoms with van der Waals surface area (Å²) in [6.07, 6.45) is -3.16. The Bertz CT molecular complexity index is 521. The molecule has 0 amide bonds. The number of hydrogen-bond acceptors (Lipinski definition) is 4. The highest BCUT2D eigenvalue weighted by atomic mass is 19.4. The molecule has 1 rings (SSSR count). The van der Waals surface area contributed by atoms with E-state index in [2.05, 4.69) is 9.47 Å². The van der Waals surface area contributed by atoms with Gasteiger partial charge in [0.1, 0.15) is 12.2 Å². The van der Waals surface area contributed by atoms with Gasteiger partial charge in [0.2, 0.25) is 0 Å². The van der Waals surface area contributed by atoms with E-state index in [0.29, 0.717) is 0 Å². The highest BCUT2D eigenvalue weighted by molar-refractivity contribution is 6.04. The Balaban J connectivity index is 2.82. The molecule has 108 valence electrons. The van der Waals surface area contributed by atoms with Gasteiger partial charge in [-0.1, -0.05) is 18.2 Å². The van der Waals surface area contributed by atoms with Crippen LogP contribution in [0.2, 0.25) is 0 Å². The largest absolute Gasteiger partial charge is 0.573 e. The molecule has 0 saturated heterocycles. The number of carbonyl (C=O) groups is 2. The maximum absolute atomic E-state index is 12.2. The molecule has 0 fully saturated rings. The summed E-state index contributed by atoms with van der Waals surface area (Å²) in [5, 5.41) is 0. The molecule has 0 heterocycles. The number of esters is 1. The molecular weight excluding hydrogens is 277 g/mol. The van der Waals surface area contributed by atoms with Gasteiger partial charge in [0.15, 0.2) is 5.78 Å². The first-order chi connectivity index (χ1) is 9.31. The van der Waals surface area contributed by atoms with Crippen molar-refractivity contribution in [3.63, 3.8) is 0 Å². The minimum Gasteiger partial charge on any atom is -0.469 e. The Labute approximate surface area is 112 Å². The maximum atomic E-state index is 12.2. The third kappa shape index (κ3) is 5.55. The number of benzene rings is 1. The second kappa shape index (κ2) is 6.74. The Morgan fingerprint density at radius 3 is 2.50 bits per heavy atom.